The van der Waals surface area contributed by atoms with Crippen molar-refractivity contribution in [3.05, 3.63) is 29.8 Å². The van der Waals surface area contributed by atoms with E-state index in [1.165, 1.54) is 18.4 Å². The molecule has 0 aromatic heterocycles. The highest BCUT2D eigenvalue weighted by Gasteiger charge is 2.18. The summed E-state index contributed by atoms with van der Waals surface area (Å²) in [5.74, 6) is 1.22. The minimum atomic E-state index is -0.431. The summed E-state index contributed by atoms with van der Waals surface area (Å²) in [5.41, 5.74) is 7.21. The van der Waals surface area contributed by atoms with Crippen LogP contribution in [0.25, 0.3) is 0 Å². The van der Waals surface area contributed by atoms with Crippen molar-refractivity contribution in [3.8, 4) is 5.75 Å². The summed E-state index contributed by atoms with van der Waals surface area (Å²) in [5, 5.41) is 10.2. The molecule has 3 unspecified atom stereocenters. The van der Waals surface area contributed by atoms with Crippen LogP contribution in [-0.2, 0) is 0 Å². The monoisotopic (exact) mass is 307 g/mol. The van der Waals surface area contributed by atoms with Crippen LogP contribution in [0.3, 0.4) is 0 Å². The zero-order chi connectivity index (χ0) is 16.4. The third kappa shape index (κ3) is 6.80. The zero-order valence-corrected chi connectivity index (χ0v) is 14.4. The van der Waals surface area contributed by atoms with Gasteiger partial charge < -0.3 is 15.6 Å². The summed E-state index contributed by atoms with van der Waals surface area (Å²) in [6, 6.07) is 8.12. The van der Waals surface area contributed by atoms with Gasteiger partial charge in [-0.15, -0.1) is 0 Å². The molecule has 0 aliphatic carbocycles. The fourth-order valence-electron chi connectivity index (χ4n) is 2.63. The van der Waals surface area contributed by atoms with Crippen molar-refractivity contribution in [3.63, 3.8) is 0 Å². The van der Waals surface area contributed by atoms with Crippen molar-refractivity contribution in [1.29, 1.82) is 0 Å². The molecule has 0 spiro atoms. The molecule has 1 rings (SSSR count). The fourth-order valence-corrected chi connectivity index (χ4v) is 2.63. The average Bonchev–Trinajstić information content (AvgIpc) is 2.52. The van der Waals surface area contributed by atoms with Crippen LogP contribution in [0.1, 0.15) is 70.8 Å². The molecular weight excluding hydrogens is 274 g/mol. The Balaban J connectivity index is 2.44. The zero-order valence-electron chi connectivity index (χ0n) is 14.4. The Kier molecular flexibility index (Phi) is 9.17. The number of hydrogen-bond acceptors (Lipinski definition) is 3. The Hall–Kier alpha value is -1.06. The lowest BCUT2D eigenvalue weighted by Crippen LogP contribution is -2.35. The lowest BCUT2D eigenvalue weighted by atomic mass is 9.91. The van der Waals surface area contributed by atoms with Gasteiger partial charge in [-0.1, -0.05) is 52.2 Å². The predicted octanol–water partition coefficient (Wildman–Crippen LogP) is 4.24. The van der Waals surface area contributed by atoms with E-state index in [9.17, 15) is 5.11 Å². The van der Waals surface area contributed by atoms with Gasteiger partial charge in [-0.05, 0) is 42.9 Å². The number of nitrogens with two attached hydrogens (primary N) is 1. The summed E-state index contributed by atoms with van der Waals surface area (Å²) in [6.07, 6.45) is 5.69. The highest BCUT2D eigenvalue weighted by atomic mass is 16.5. The number of aliphatic hydroxyl groups is 1. The van der Waals surface area contributed by atoms with Gasteiger partial charge in [0.1, 0.15) is 5.75 Å². The molecule has 126 valence electrons. The molecule has 0 saturated carbocycles. The van der Waals surface area contributed by atoms with E-state index >= 15 is 0 Å². The van der Waals surface area contributed by atoms with Gasteiger partial charge in [-0.25, -0.2) is 0 Å². The first-order valence-electron chi connectivity index (χ1n) is 8.74. The molecule has 0 saturated heterocycles. The Morgan fingerprint density at radius 2 is 1.77 bits per heavy atom. The van der Waals surface area contributed by atoms with Crippen LogP contribution in [0, 0.1) is 0 Å². The summed E-state index contributed by atoms with van der Waals surface area (Å²) < 4.78 is 5.72. The molecule has 3 nitrogen and oxygen atoms in total. The Bertz CT molecular complexity index is 391. The lowest BCUT2D eigenvalue weighted by molar-refractivity contribution is 0.124. The summed E-state index contributed by atoms with van der Waals surface area (Å²) in [7, 11) is 0. The molecule has 0 fully saturated rings. The molecule has 3 heteroatoms. The maximum absolute atomic E-state index is 10.2. The van der Waals surface area contributed by atoms with Crippen LogP contribution in [0.15, 0.2) is 24.3 Å². The van der Waals surface area contributed by atoms with Crippen LogP contribution in [0.4, 0.5) is 0 Å². The number of ether oxygens (including phenoxy) is 1. The van der Waals surface area contributed by atoms with E-state index in [0.29, 0.717) is 12.3 Å². The summed E-state index contributed by atoms with van der Waals surface area (Å²) in [6.45, 7) is 7.21. The normalized spacial score (nSPS) is 15.3. The van der Waals surface area contributed by atoms with Gasteiger partial charge in [0, 0.05) is 6.04 Å². The van der Waals surface area contributed by atoms with Gasteiger partial charge in [0.05, 0.1) is 12.7 Å². The van der Waals surface area contributed by atoms with Gasteiger partial charge in [0.15, 0.2) is 0 Å². The minimum Gasteiger partial charge on any atom is -0.494 e. The highest BCUT2D eigenvalue weighted by Crippen LogP contribution is 2.24. The maximum Gasteiger partial charge on any atom is 0.119 e. The second-order valence-electron chi connectivity index (χ2n) is 6.28. The van der Waals surface area contributed by atoms with Gasteiger partial charge in [-0.3, -0.25) is 0 Å². The van der Waals surface area contributed by atoms with E-state index < -0.39 is 6.10 Å². The Labute approximate surface area is 135 Å². The van der Waals surface area contributed by atoms with Crippen molar-refractivity contribution in [2.75, 3.05) is 6.61 Å². The second-order valence-corrected chi connectivity index (χ2v) is 6.28. The van der Waals surface area contributed by atoms with Crippen LogP contribution in [0.5, 0.6) is 5.75 Å². The van der Waals surface area contributed by atoms with Crippen LogP contribution >= 0.6 is 0 Å². The molecule has 0 heterocycles. The van der Waals surface area contributed by atoms with Gasteiger partial charge in [-0.2, -0.15) is 0 Å². The third-order valence-electron chi connectivity index (χ3n) is 4.18. The first-order valence-corrected chi connectivity index (χ1v) is 8.74. The summed E-state index contributed by atoms with van der Waals surface area (Å²) >= 11 is 0. The van der Waals surface area contributed by atoms with Crippen molar-refractivity contribution in [2.24, 2.45) is 5.73 Å². The largest absolute Gasteiger partial charge is 0.494 e. The smallest absolute Gasteiger partial charge is 0.119 e. The van der Waals surface area contributed by atoms with Gasteiger partial charge >= 0.3 is 0 Å². The third-order valence-corrected chi connectivity index (χ3v) is 4.18. The van der Waals surface area contributed by atoms with Crippen LogP contribution in [0.2, 0.25) is 0 Å². The molecule has 0 aliphatic rings. The maximum atomic E-state index is 10.2. The standard InChI is InChI=1S/C19H33NO2/c1-4-6-7-13-22-17-11-9-16(10-12-17)15(3)14-19(21)18(20)8-5-2/h9-12,15,18-19,21H,4-8,13-14,20H2,1-3H3. The van der Waals surface area contributed by atoms with Crippen molar-refractivity contribution in [2.45, 2.75) is 77.4 Å². The molecule has 0 amide bonds. The Morgan fingerprint density at radius 1 is 1.09 bits per heavy atom. The summed E-state index contributed by atoms with van der Waals surface area (Å²) in [4.78, 5) is 0. The predicted molar refractivity (Wildman–Crippen MR) is 93.4 cm³/mol. The molecule has 1 aromatic rings. The number of unbranched alkanes of at least 4 members (excludes halogenated alkanes) is 2. The lowest BCUT2D eigenvalue weighted by Gasteiger charge is -2.22. The minimum absolute atomic E-state index is 0.117. The number of hydrogen-bond donors (Lipinski definition) is 2. The van der Waals surface area contributed by atoms with Crippen LogP contribution < -0.4 is 10.5 Å². The van der Waals surface area contributed by atoms with E-state index in [0.717, 1.165) is 31.6 Å². The average molecular weight is 307 g/mol. The quantitative estimate of drug-likeness (QED) is 0.601. The molecule has 22 heavy (non-hydrogen) atoms. The second kappa shape index (κ2) is 10.6. The molecular formula is C19H33NO2. The molecule has 3 atom stereocenters. The molecule has 0 bridgehead atoms. The first-order chi connectivity index (χ1) is 10.6. The van der Waals surface area contributed by atoms with E-state index in [4.69, 9.17) is 10.5 Å². The topological polar surface area (TPSA) is 55.5 Å². The molecule has 1 aromatic carbocycles. The molecule has 0 aliphatic heterocycles. The van der Waals surface area contributed by atoms with Crippen molar-refractivity contribution >= 4 is 0 Å². The molecule has 0 radical (unpaired) electrons. The first kappa shape index (κ1) is 19.0. The van der Waals surface area contributed by atoms with Crippen molar-refractivity contribution in [1.82, 2.24) is 0 Å². The Morgan fingerprint density at radius 3 is 2.36 bits per heavy atom. The number of aliphatic hydroxyl groups excluding tert-OH is 1. The SMILES string of the molecule is CCCCCOc1ccc(C(C)CC(O)C(N)CCC)cc1. The number of rotatable bonds is 11. The van der Waals surface area contributed by atoms with E-state index in [1.54, 1.807) is 0 Å². The highest BCUT2D eigenvalue weighted by molar-refractivity contribution is 5.29. The van der Waals surface area contributed by atoms with E-state index in [2.05, 4.69) is 32.9 Å². The fraction of sp³-hybridized carbons (Fsp3) is 0.684. The van der Waals surface area contributed by atoms with Crippen molar-refractivity contribution < 1.29 is 9.84 Å². The van der Waals surface area contributed by atoms with Gasteiger partial charge in [0.25, 0.3) is 0 Å². The van der Waals surface area contributed by atoms with Gasteiger partial charge in [0.2, 0.25) is 0 Å². The van der Waals surface area contributed by atoms with Crippen LogP contribution in [-0.4, -0.2) is 23.9 Å². The number of benzene rings is 1. The molecule has 3 N–H and O–H groups in total. The van der Waals surface area contributed by atoms with E-state index in [-0.39, 0.29) is 6.04 Å². The van der Waals surface area contributed by atoms with E-state index in [1.807, 2.05) is 12.1 Å².